The van der Waals surface area contributed by atoms with Crippen LogP contribution >= 0.6 is 0 Å². The van der Waals surface area contributed by atoms with Crippen LogP contribution < -0.4 is 5.32 Å². The summed E-state index contributed by atoms with van der Waals surface area (Å²) >= 11 is 0. The van der Waals surface area contributed by atoms with E-state index in [0.717, 1.165) is 18.5 Å². The van der Waals surface area contributed by atoms with Gasteiger partial charge in [0, 0.05) is 19.1 Å². The van der Waals surface area contributed by atoms with Crippen LogP contribution in [0.3, 0.4) is 0 Å². The Morgan fingerprint density at radius 2 is 1.92 bits per heavy atom. The molecule has 0 radical (unpaired) electrons. The van der Waals surface area contributed by atoms with Gasteiger partial charge < -0.3 is 10.2 Å². The third-order valence-electron chi connectivity index (χ3n) is 3.12. The number of hydrogen-bond acceptors (Lipinski definition) is 2. The van der Waals surface area contributed by atoms with Gasteiger partial charge in [-0.25, -0.2) is 0 Å². The topological polar surface area (TPSA) is 15.3 Å². The van der Waals surface area contributed by atoms with Crippen molar-refractivity contribution in [3.63, 3.8) is 0 Å². The van der Waals surface area contributed by atoms with Crippen molar-refractivity contribution >= 4 is 0 Å². The van der Waals surface area contributed by atoms with Gasteiger partial charge in [-0.1, -0.05) is 13.8 Å². The standard InChI is InChI=1S/C11H24N2/c1-4-13(5-2)9-8-12-10(3)11-6-7-11/h10-12H,4-9H2,1-3H3. The fourth-order valence-corrected chi connectivity index (χ4v) is 1.75. The van der Waals surface area contributed by atoms with Gasteiger partial charge in [-0.05, 0) is 38.8 Å². The smallest absolute Gasteiger partial charge is 0.0107 e. The second-order valence-electron chi connectivity index (χ2n) is 4.11. The maximum Gasteiger partial charge on any atom is 0.0107 e. The molecular weight excluding hydrogens is 160 g/mol. The van der Waals surface area contributed by atoms with Gasteiger partial charge in [0.15, 0.2) is 0 Å². The minimum absolute atomic E-state index is 0.746. The quantitative estimate of drug-likeness (QED) is 0.648. The van der Waals surface area contributed by atoms with Gasteiger partial charge >= 0.3 is 0 Å². The first-order valence-corrected chi connectivity index (χ1v) is 5.73. The molecule has 78 valence electrons. The van der Waals surface area contributed by atoms with Crippen LogP contribution in [0.5, 0.6) is 0 Å². The van der Waals surface area contributed by atoms with E-state index in [1.165, 1.54) is 32.5 Å². The van der Waals surface area contributed by atoms with Crippen molar-refractivity contribution in [1.29, 1.82) is 0 Å². The maximum atomic E-state index is 3.60. The molecule has 13 heavy (non-hydrogen) atoms. The summed E-state index contributed by atoms with van der Waals surface area (Å²) in [6.45, 7) is 11.5. The highest BCUT2D eigenvalue weighted by Gasteiger charge is 2.27. The summed E-state index contributed by atoms with van der Waals surface area (Å²) in [5.41, 5.74) is 0. The summed E-state index contributed by atoms with van der Waals surface area (Å²) in [4.78, 5) is 2.46. The van der Waals surface area contributed by atoms with Crippen LogP contribution in [0.25, 0.3) is 0 Å². The number of nitrogens with zero attached hydrogens (tertiary/aromatic N) is 1. The molecule has 0 aliphatic heterocycles. The number of nitrogens with one attached hydrogen (secondary N) is 1. The van der Waals surface area contributed by atoms with Crippen LogP contribution in [0, 0.1) is 5.92 Å². The van der Waals surface area contributed by atoms with Crippen molar-refractivity contribution in [1.82, 2.24) is 10.2 Å². The molecule has 1 unspecified atom stereocenters. The van der Waals surface area contributed by atoms with E-state index >= 15 is 0 Å². The summed E-state index contributed by atoms with van der Waals surface area (Å²) in [5.74, 6) is 0.983. The Bertz CT molecular complexity index is 126. The Balaban J connectivity index is 1.98. The SMILES string of the molecule is CCN(CC)CCNC(C)C1CC1. The lowest BCUT2D eigenvalue weighted by atomic mass is 10.2. The average molecular weight is 184 g/mol. The fraction of sp³-hybridized carbons (Fsp3) is 1.00. The Morgan fingerprint density at radius 1 is 1.31 bits per heavy atom. The highest BCUT2D eigenvalue weighted by molar-refractivity contribution is 4.83. The number of hydrogen-bond donors (Lipinski definition) is 1. The molecule has 0 amide bonds. The minimum atomic E-state index is 0.746. The molecule has 2 nitrogen and oxygen atoms in total. The van der Waals surface area contributed by atoms with E-state index in [9.17, 15) is 0 Å². The molecule has 1 saturated carbocycles. The molecule has 0 aromatic carbocycles. The van der Waals surface area contributed by atoms with Crippen molar-refractivity contribution in [2.75, 3.05) is 26.2 Å². The van der Waals surface area contributed by atoms with E-state index in [0.29, 0.717) is 0 Å². The van der Waals surface area contributed by atoms with Gasteiger partial charge in [0.05, 0.1) is 0 Å². The third kappa shape index (κ3) is 4.10. The van der Waals surface area contributed by atoms with Gasteiger partial charge in [0.1, 0.15) is 0 Å². The van der Waals surface area contributed by atoms with E-state index < -0.39 is 0 Å². The lowest BCUT2D eigenvalue weighted by Gasteiger charge is -2.20. The van der Waals surface area contributed by atoms with Crippen LogP contribution in [0.1, 0.15) is 33.6 Å². The highest BCUT2D eigenvalue weighted by Crippen LogP contribution is 2.32. The van der Waals surface area contributed by atoms with Gasteiger partial charge in [0.2, 0.25) is 0 Å². The molecule has 0 aromatic heterocycles. The number of likely N-dealkylation sites (N-methyl/N-ethyl adjacent to an activating group) is 1. The molecular formula is C11H24N2. The fourth-order valence-electron chi connectivity index (χ4n) is 1.75. The first kappa shape index (κ1) is 11.0. The Labute approximate surface area is 82.7 Å². The highest BCUT2D eigenvalue weighted by atomic mass is 15.1. The predicted molar refractivity (Wildman–Crippen MR) is 58.0 cm³/mol. The molecule has 2 heteroatoms. The molecule has 0 bridgehead atoms. The second kappa shape index (κ2) is 5.61. The summed E-state index contributed by atoms with van der Waals surface area (Å²) < 4.78 is 0. The van der Waals surface area contributed by atoms with Gasteiger partial charge in [-0.15, -0.1) is 0 Å². The molecule has 0 spiro atoms. The predicted octanol–water partition coefficient (Wildman–Crippen LogP) is 1.72. The molecule has 1 N–H and O–H groups in total. The molecule has 1 rings (SSSR count). The summed E-state index contributed by atoms with van der Waals surface area (Å²) in [6.07, 6.45) is 2.89. The van der Waals surface area contributed by atoms with Crippen LogP contribution in [-0.4, -0.2) is 37.1 Å². The van der Waals surface area contributed by atoms with Crippen LogP contribution in [0.15, 0.2) is 0 Å². The number of rotatable bonds is 7. The van der Waals surface area contributed by atoms with Crippen LogP contribution in [0.2, 0.25) is 0 Å². The van der Waals surface area contributed by atoms with E-state index in [1.807, 2.05) is 0 Å². The molecule has 1 aliphatic carbocycles. The lowest BCUT2D eigenvalue weighted by Crippen LogP contribution is -2.36. The molecule has 1 fully saturated rings. The first-order chi connectivity index (χ1) is 6.27. The minimum Gasteiger partial charge on any atom is -0.313 e. The third-order valence-corrected chi connectivity index (χ3v) is 3.12. The normalized spacial score (nSPS) is 19.4. The zero-order valence-corrected chi connectivity index (χ0v) is 9.34. The van der Waals surface area contributed by atoms with Gasteiger partial charge in [-0.3, -0.25) is 0 Å². The Hall–Kier alpha value is -0.0800. The molecule has 0 heterocycles. The molecule has 0 saturated heterocycles. The van der Waals surface area contributed by atoms with Crippen molar-refractivity contribution in [2.24, 2.45) is 5.92 Å². The summed E-state index contributed by atoms with van der Waals surface area (Å²) in [7, 11) is 0. The van der Waals surface area contributed by atoms with E-state index in [2.05, 4.69) is 31.0 Å². The molecule has 1 atom stereocenters. The van der Waals surface area contributed by atoms with Crippen molar-refractivity contribution in [2.45, 2.75) is 39.7 Å². The van der Waals surface area contributed by atoms with E-state index in [1.54, 1.807) is 0 Å². The van der Waals surface area contributed by atoms with Crippen molar-refractivity contribution in [3.05, 3.63) is 0 Å². The van der Waals surface area contributed by atoms with E-state index in [4.69, 9.17) is 0 Å². The van der Waals surface area contributed by atoms with Gasteiger partial charge in [0.25, 0.3) is 0 Å². The molecule has 1 aliphatic rings. The second-order valence-corrected chi connectivity index (χ2v) is 4.11. The zero-order chi connectivity index (χ0) is 9.68. The Kier molecular flexibility index (Phi) is 4.74. The Morgan fingerprint density at radius 3 is 2.38 bits per heavy atom. The van der Waals surface area contributed by atoms with Crippen molar-refractivity contribution < 1.29 is 0 Å². The van der Waals surface area contributed by atoms with Crippen molar-refractivity contribution in [3.8, 4) is 0 Å². The average Bonchev–Trinajstić information content (AvgIpc) is 2.95. The lowest BCUT2D eigenvalue weighted by molar-refractivity contribution is 0.295. The van der Waals surface area contributed by atoms with Crippen LogP contribution in [-0.2, 0) is 0 Å². The maximum absolute atomic E-state index is 3.60. The summed E-state index contributed by atoms with van der Waals surface area (Å²) in [6, 6.07) is 0.746. The monoisotopic (exact) mass is 184 g/mol. The van der Waals surface area contributed by atoms with Crippen LogP contribution in [0.4, 0.5) is 0 Å². The van der Waals surface area contributed by atoms with Gasteiger partial charge in [-0.2, -0.15) is 0 Å². The first-order valence-electron chi connectivity index (χ1n) is 5.73. The van der Waals surface area contributed by atoms with E-state index in [-0.39, 0.29) is 0 Å². The summed E-state index contributed by atoms with van der Waals surface area (Å²) in [5, 5.41) is 3.60. The molecule has 0 aromatic rings. The zero-order valence-electron chi connectivity index (χ0n) is 9.34. The largest absolute Gasteiger partial charge is 0.313 e.